The molecule has 1 aromatic carbocycles. The zero-order chi connectivity index (χ0) is 15.3. The Hall–Kier alpha value is -1.40. The van der Waals surface area contributed by atoms with Crippen LogP contribution >= 0.6 is 15.9 Å². The Balaban J connectivity index is 2.63. The van der Waals surface area contributed by atoms with Crippen LogP contribution in [0.1, 0.15) is 18.9 Å². The first-order valence-electron chi connectivity index (χ1n) is 6.34. The molecule has 0 aliphatic heterocycles. The van der Waals surface area contributed by atoms with E-state index < -0.39 is 12.0 Å². The van der Waals surface area contributed by atoms with Crippen LogP contribution in [0.15, 0.2) is 22.7 Å². The largest absolute Gasteiger partial charge is 0.480 e. The number of benzene rings is 1. The summed E-state index contributed by atoms with van der Waals surface area (Å²) in [6.45, 7) is 3.76. The fraction of sp³-hybridized carbons (Fsp3) is 0.429. The molecule has 0 radical (unpaired) electrons. The summed E-state index contributed by atoms with van der Waals surface area (Å²) in [6, 6.07) is 4.87. The Morgan fingerprint density at radius 1 is 1.45 bits per heavy atom. The number of hydrogen-bond acceptors (Lipinski definition) is 3. The van der Waals surface area contributed by atoms with Crippen molar-refractivity contribution in [1.82, 2.24) is 4.90 Å². The van der Waals surface area contributed by atoms with E-state index in [9.17, 15) is 9.59 Å². The summed E-state index contributed by atoms with van der Waals surface area (Å²) in [5.74, 6) is -1.14. The van der Waals surface area contributed by atoms with Crippen LogP contribution in [0.2, 0.25) is 0 Å². The number of halogens is 1. The number of rotatable bonds is 6. The molecule has 6 heteroatoms. The van der Waals surface area contributed by atoms with E-state index in [2.05, 4.69) is 21.2 Å². The number of carboxylic acids is 1. The smallest absolute Gasteiger partial charge is 0.320 e. The number of amides is 1. The molecule has 1 amide bonds. The lowest BCUT2D eigenvalue weighted by Crippen LogP contribution is -2.42. The van der Waals surface area contributed by atoms with Gasteiger partial charge in [0.2, 0.25) is 5.91 Å². The molecule has 0 aromatic heterocycles. The Labute approximate surface area is 127 Å². The molecule has 1 unspecified atom stereocenters. The molecule has 0 spiro atoms. The summed E-state index contributed by atoms with van der Waals surface area (Å²) in [4.78, 5) is 24.5. The minimum atomic E-state index is -0.915. The lowest BCUT2D eigenvalue weighted by molar-refractivity contribution is -0.143. The normalized spacial score (nSPS) is 12.2. The molecular formula is C14H19BrN2O3. The van der Waals surface area contributed by atoms with Crippen molar-refractivity contribution in [3.63, 3.8) is 0 Å². The molecule has 0 aliphatic rings. The summed E-state index contributed by atoms with van der Waals surface area (Å²) >= 11 is 3.39. The van der Waals surface area contributed by atoms with Gasteiger partial charge in [0.25, 0.3) is 0 Å². The number of nitrogens with zero attached hydrogens (tertiary/aromatic N) is 1. The summed E-state index contributed by atoms with van der Waals surface area (Å²) < 4.78 is 0.976. The minimum Gasteiger partial charge on any atom is -0.480 e. The SMILES string of the molecule is CCC(C(=O)O)N(C)CC(=O)Nc1ccc(Br)c(C)c1. The highest BCUT2D eigenvalue weighted by Gasteiger charge is 2.22. The van der Waals surface area contributed by atoms with Crippen molar-refractivity contribution >= 4 is 33.5 Å². The van der Waals surface area contributed by atoms with Gasteiger partial charge < -0.3 is 10.4 Å². The second-order valence-electron chi connectivity index (χ2n) is 4.69. The first kappa shape index (κ1) is 16.7. The molecule has 0 saturated carbocycles. The number of carboxylic acid groups (broad SMARTS) is 1. The maximum atomic E-state index is 11.9. The van der Waals surface area contributed by atoms with Crippen LogP contribution in [0, 0.1) is 6.92 Å². The van der Waals surface area contributed by atoms with Gasteiger partial charge >= 0.3 is 5.97 Å². The van der Waals surface area contributed by atoms with E-state index in [1.165, 1.54) is 4.90 Å². The second-order valence-corrected chi connectivity index (χ2v) is 5.54. The summed E-state index contributed by atoms with van der Waals surface area (Å²) in [5, 5.41) is 11.8. The molecule has 110 valence electrons. The van der Waals surface area contributed by atoms with Gasteiger partial charge in [-0.1, -0.05) is 22.9 Å². The first-order valence-corrected chi connectivity index (χ1v) is 7.13. The maximum absolute atomic E-state index is 11.9. The maximum Gasteiger partial charge on any atom is 0.320 e. The van der Waals surface area contributed by atoms with Gasteiger partial charge in [-0.3, -0.25) is 14.5 Å². The third-order valence-corrected chi connectivity index (χ3v) is 3.93. The average molecular weight is 343 g/mol. The fourth-order valence-electron chi connectivity index (χ4n) is 1.93. The number of carbonyl (C=O) groups excluding carboxylic acids is 1. The van der Waals surface area contributed by atoms with Gasteiger partial charge in [-0.05, 0) is 44.2 Å². The van der Waals surface area contributed by atoms with E-state index in [0.717, 1.165) is 10.0 Å². The predicted octanol–water partition coefficient (Wildman–Crippen LogP) is 2.49. The number of carbonyl (C=O) groups is 2. The molecule has 1 rings (SSSR count). The highest BCUT2D eigenvalue weighted by molar-refractivity contribution is 9.10. The van der Waals surface area contributed by atoms with Crippen molar-refractivity contribution in [3.05, 3.63) is 28.2 Å². The summed E-state index contributed by atoms with van der Waals surface area (Å²) in [6.07, 6.45) is 0.455. The monoisotopic (exact) mass is 342 g/mol. The van der Waals surface area contributed by atoms with Gasteiger partial charge in [0.1, 0.15) is 6.04 Å². The molecule has 0 bridgehead atoms. The van der Waals surface area contributed by atoms with Crippen molar-refractivity contribution in [2.75, 3.05) is 18.9 Å². The van der Waals surface area contributed by atoms with Crippen molar-refractivity contribution in [2.45, 2.75) is 26.3 Å². The van der Waals surface area contributed by atoms with Gasteiger partial charge in [-0.25, -0.2) is 0 Å². The van der Waals surface area contributed by atoms with Gasteiger partial charge in [0.05, 0.1) is 6.54 Å². The zero-order valence-electron chi connectivity index (χ0n) is 11.8. The molecule has 1 atom stereocenters. The lowest BCUT2D eigenvalue weighted by atomic mass is 10.2. The third kappa shape index (κ3) is 4.61. The van der Waals surface area contributed by atoms with E-state index >= 15 is 0 Å². The third-order valence-electron chi connectivity index (χ3n) is 3.04. The van der Waals surface area contributed by atoms with Crippen molar-refractivity contribution in [1.29, 1.82) is 0 Å². The van der Waals surface area contributed by atoms with Gasteiger partial charge in [0, 0.05) is 10.2 Å². The second kappa shape index (κ2) is 7.40. The highest BCUT2D eigenvalue weighted by atomic mass is 79.9. The Kier molecular flexibility index (Phi) is 6.16. The molecule has 0 heterocycles. The number of nitrogens with one attached hydrogen (secondary N) is 1. The number of hydrogen-bond donors (Lipinski definition) is 2. The summed E-state index contributed by atoms with van der Waals surface area (Å²) in [7, 11) is 1.63. The standard InChI is InChI=1S/C14H19BrN2O3/c1-4-12(14(19)20)17(3)8-13(18)16-10-5-6-11(15)9(2)7-10/h5-7,12H,4,8H2,1-3H3,(H,16,18)(H,19,20). The van der Waals surface area contributed by atoms with Gasteiger partial charge in [-0.2, -0.15) is 0 Å². The van der Waals surface area contributed by atoms with E-state index in [1.807, 2.05) is 19.1 Å². The predicted molar refractivity (Wildman–Crippen MR) is 81.9 cm³/mol. The molecule has 2 N–H and O–H groups in total. The van der Waals surface area contributed by atoms with E-state index in [4.69, 9.17) is 5.11 Å². The minimum absolute atomic E-state index is 0.0416. The number of aliphatic carboxylic acids is 1. The number of anilines is 1. The number of likely N-dealkylation sites (N-methyl/N-ethyl adjacent to an activating group) is 1. The Bertz CT molecular complexity index is 505. The van der Waals surface area contributed by atoms with Crippen LogP contribution in [-0.2, 0) is 9.59 Å². The van der Waals surface area contributed by atoms with Crippen LogP contribution in [0.5, 0.6) is 0 Å². The van der Waals surface area contributed by atoms with E-state index in [0.29, 0.717) is 12.1 Å². The molecule has 5 nitrogen and oxygen atoms in total. The molecule has 0 saturated heterocycles. The van der Waals surface area contributed by atoms with Crippen molar-refractivity contribution < 1.29 is 14.7 Å². The Morgan fingerprint density at radius 2 is 2.10 bits per heavy atom. The van der Waals surface area contributed by atoms with Gasteiger partial charge in [0.15, 0.2) is 0 Å². The highest BCUT2D eigenvalue weighted by Crippen LogP contribution is 2.19. The van der Waals surface area contributed by atoms with Crippen LogP contribution in [0.4, 0.5) is 5.69 Å². The van der Waals surface area contributed by atoms with Gasteiger partial charge in [-0.15, -0.1) is 0 Å². The van der Waals surface area contributed by atoms with Crippen molar-refractivity contribution in [3.8, 4) is 0 Å². The molecular weight excluding hydrogens is 324 g/mol. The topological polar surface area (TPSA) is 69.6 Å². The molecule has 1 aromatic rings. The van der Waals surface area contributed by atoms with Crippen LogP contribution in [0.25, 0.3) is 0 Å². The molecule has 0 aliphatic carbocycles. The average Bonchev–Trinajstić information content (AvgIpc) is 2.34. The van der Waals surface area contributed by atoms with Crippen LogP contribution in [-0.4, -0.2) is 41.5 Å². The zero-order valence-corrected chi connectivity index (χ0v) is 13.4. The van der Waals surface area contributed by atoms with Crippen molar-refractivity contribution in [2.24, 2.45) is 0 Å². The summed E-state index contributed by atoms with van der Waals surface area (Å²) in [5.41, 5.74) is 1.72. The fourth-order valence-corrected chi connectivity index (χ4v) is 2.18. The molecule has 20 heavy (non-hydrogen) atoms. The van der Waals surface area contributed by atoms with Crippen LogP contribution in [0.3, 0.4) is 0 Å². The molecule has 0 fully saturated rings. The van der Waals surface area contributed by atoms with E-state index in [-0.39, 0.29) is 12.5 Å². The first-order chi connectivity index (χ1) is 9.35. The lowest BCUT2D eigenvalue weighted by Gasteiger charge is -2.22. The number of aryl methyl sites for hydroxylation is 1. The Morgan fingerprint density at radius 3 is 2.60 bits per heavy atom. The van der Waals surface area contributed by atoms with Crippen LogP contribution < -0.4 is 5.32 Å². The van der Waals surface area contributed by atoms with E-state index in [1.54, 1.807) is 20.0 Å². The quantitative estimate of drug-likeness (QED) is 0.833.